The molecule has 1 heterocycles. The van der Waals surface area contributed by atoms with Gasteiger partial charge < -0.3 is 10.1 Å². The molecule has 0 aromatic heterocycles. The standard InChI is InChI=1S/C17H28N2O/c1-3-17(13-16-7-5-4-6-8-16)18-15(2)14-19-9-11-20-12-10-19/h4-8,15,17-18H,3,9-14H2,1-2H3. The molecule has 1 aromatic rings. The van der Waals surface area contributed by atoms with E-state index in [2.05, 4.69) is 54.4 Å². The summed E-state index contributed by atoms with van der Waals surface area (Å²) in [6.07, 6.45) is 2.28. The Morgan fingerprint density at radius 2 is 1.90 bits per heavy atom. The minimum absolute atomic E-state index is 0.529. The van der Waals surface area contributed by atoms with Crippen LogP contribution in [0, 0.1) is 0 Å². The Kier molecular flexibility index (Phi) is 6.51. The van der Waals surface area contributed by atoms with E-state index in [-0.39, 0.29) is 0 Å². The molecule has 1 aliphatic heterocycles. The second kappa shape index (κ2) is 8.40. The lowest BCUT2D eigenvalue weighted by Crippen LogP contribution is -2.47. The lowest BCUT2D eigenvalue weighted by Gasteiger charge is -2.31. The van der Waals surface area contributed by atoms with Gasteiger partial charge in [-0.3, -0.25) is 4.90 Å². The SMILES string of the molecule is CCC(Cc1ccccc1)NC(C)CN1CCOCC1. The first-order valence-electron chi connectivity index (χ1n) is 7.88. The van der Waals surface area contributed by atoms with Crippen molar-refractivity contribution in [2.24, 2.45) is 0 Å². The first-order chi connectivity index (χ1) is 9.78. The van der Waals surface area contributed by atoms with Crippen LogP contribution in [0.2, 0.25) is 0 Å². The van der Waals surface area contributed by atoms with E-state index in [9.17, 15) is 0 Å². The molecule has 3 heteroatoms. The van der Waals surface area contributed by atoms with Crippen LogP contribution < -0.4 is 5.32 Å². The maximum atomic E-state index is 5.40. The normalized spacial score (nSPS) is 19.7. The molecule has 0 saturated carbocycles. The third kappa shape index (κ3) is 5.23. The topological polar surface area (TPSA) is 24.5 Å². The van der Waals surface area contributed by atoms with Crippen LogP contribution in [0.25, 0.3) is 0 Å². The maximum Gasteiger partial charge on any atom is 0.0594 e. The van der Waals surface area contributed by atoms with E-state index in [1.165, 1.54) is 12.0 Å². The molecule has 0 amide bonds. The Morgan fingerprint density at radius 1 is 1.20 bits per heavy atom. The van der Waals surface area contributed by atoms with Gasteiger partial charge in [0.05, 0.1) is 13.2 Å². The van der Waals surface area contributed by atoms with Gasteiger partial charge in [0.2, 0.25) is 0 Å². The van der Waals surface area contributed by atoms with E-state index in [0.29, 0.717) is 12.1 Å². The minimum Gasteiger partial charge on any atom is -0.379 e. The quantitative estimate of drug-likeness (QED) is 0.827. The van der Waals surface area contributed by atoms with Crippen LogP contribution in [-0.4, -0.2) is 49.8 Å². The average Bonchev–Trinajstić information content (AvgIpc) is 2.48. The average molecular weight is 276 g/mol. The Labute approximate surface area is 123 Å². The molecule has 3 nitrogen and oxygen atoms in total. The molecular weight excluding hydrogens is 248 g/mol. The summed E-state index contributed by atoms with van der Waals surface area (Å²) in [6.45, 7) is 9.59. The highest BCUT2D eigenvalue weighted by Crippen LogP contribution is 2.07. The molecule has 1 aromatic carbocycles. The van der Waals surface area contributed by atoms with Crippen LogP contribution in [0.1, 0.15) is 25.8 Å². The fourth-order valence-corrected chi connectivity index (χ4v) is 2.85. The molecule has 2 rings (SSSR count). The molecule has 112 valence electrons. The lowest BCUT2D eigenvalue weighted by atomic mass is 10.0. The fraction of sp³-hybridized carbons (Fsp3) is 0.647. The zero-order valence-corrected chi connectivity index (χ0v) is 12.8. The highest BCUT2D eigenvalue weighted by Gasteiger charge is 2.16. The van der Waals surface area contributed by atoms with Crippen molar-refractivity contribution in [3.8, 4) is 0 Å². The van der Waals surface area contributed by atoms with Gasteiger partial charge in [-0.1, -0.05) is 37.3 Å². The molecule has 1 aliphatic rings. The third-order valence-corrected chi connectivity index (χ3v) is 3.97. The number of ether oxygens (including phenoxy) is 1. The Balaban J connectivity index is 1.76. The number of rotatable bonds is 7. The van der Waals surface area contributed by atoms with E-state index < -0.39 is 0 Å². The molecule has 2 atom stereocenters. The number of nitrogens with zero attached hydrogens (tertiary/aromatic N) is 1. The number of benzene rings is 1. The second-order valence-corrected chi connectivity index (χ2v) is 5.78. The van der Waals surface area contributed by atoms with E-state index in [1.807, 2.05) is 0 Å². The van der Waals surface area contributed by atoms with Crippen molar-refractivity contribution in [2.45, 2.75) is 38.8 Å². The van der Waals surface area contributed by atoms with Gasteiger partial charge in [-0.2, -0.15) is 0 Å². The van der Waals surface area contributed by atoms with Gasteiger partial charge in [-0.25, -0.2) is 0 Å². The van der Waals surface area contributed by atoms with Crippen LogP contribution in [0.4, 0.5) is 0 Å². The van der Waals surface area contributed by atoms with Crippen molar-refractivity contribution in [1.82, 2.24) is 10.2 Å². The summed E-state index contributed by atoms with van der Waals surface area (Å²) in [7, 11) is 0. The summed E-state index contributed by atoms with van der Waals surface area (Å²) >= 11 is 0. The monoisotopic (exact) mass is 276 g/mol. The van der Waals surface area contributed by atoms with Crippen molar-refractivity contribution in [2.75, 3.05) is 32.8 Å². The van der Waals surface area contributed by atoms with Crippen LogP contribution in [-0.2, 0) is 11.2 Å². The zero-order valence-electron chi connectivity index (χ0n) is 12.8. The van der Waals surface area contributed by atoms with Crippen molar-refractivity contribution in [3.63, 3.8) is 0 Å². The van der Waals surface area contributed by atoms with E-state index in [4.69, 9.17) is 4.74 Å². The third-order valence-electron chi connectivity index (χ3n) is 3.97. The number of hydrogen-bond acceptors (Lipinski definition) is 3. The second-order valence-electron chi connectivity index (χ2n) is 5.78. The van der Waals surface area contributed by atoms with Gasteiger partial charge in [0, 0.05) is 31.7 Å². The predicted molar refractivity (Wildman–Crippen MR) is 84.1 cm³/mol. The Bertz CT molecular complexity index is 363. The molecule has 0 spiro atoms. The molecule has 1 N–H and O–H groups in total. The lowest BCUT2D eigenvalue weighted by molar-refractivity contribution is 0.0338. The molecule has 1 fully saturated rings. The number of morpholine rings is 1. The van der Waals surface area contributed by atoms with Gasteiger partial charge in [0.1, 0.15) is 0 Å². The van der Waals surface area contributed by atoms with Crippen molar-refractivity contribution in [1.29, 1.82) is 0 Å². The van der Waals surface area contributed by atoms with Crippen LogP contribution in [0.5, 0.6) is 0 Å². The Hall–Kier alpha value is -0.900. The minimum atomic E-state index is 0.529. The van der Waals surface area contributed by atoms with Gasteiger partial charge in [0.25, 0.3) is 0 Å². The Morgan fingerprint density at radius 3 is 2.55 bits per heavy atom. The summed E-state index contributed by atoms with van der Waals surface area (Å²) in [6, 6.07) is 11.9. The highest BCUT2D eigenvalue weighted by molar-refractivity contribution is 5.15. The van der Waals surface area contributed by atoms with Crippen molar-refractivity contribution in [3.05, 3.63) is 35.9 Å². The smallest absolute Gasteiger partial charge is 0.0594 e. The van der Waals surface area contributed by atoms with E-state index in [1.54, 1.807) is 0 Å². The van der Waals surface area contributed by atoms with E-state index >= 15 is 0 Å². The molecule has 2 unspecified atom stereocenters. The van der Waals surface area contributed by atoms with Gasteiger partial charge >= 0.3 is 0 Å². The predicted octanol–water partition coefficient (Wildman–Crippen LogP) is 2.32. The first kappa shape index (κ1) is 15.5. The van der Waals surface area contributed by atoms with Crippen LogP contribution in [0.3, 0.4) is 0 Å². The summed E-state index contributed by atoms with van der Waals surface area (Å²) in [5, 5.41) is 3.78. The summed E-state index contributed by atoms with van der Waals surface area (Å²) in [5.41, 5.74) is 1.42. The summed E-state index contributed by atoms with van der Waals surface area (Å²) in [4.78, 5) is 2.50. The molecular formula is C17H28N2O. The molecule has 0 radical (unpaired) electrons. The number of hydrogen-bond donors (Lipinski definition) is 1. The largest absolute Gasteiger partial charge is 0.379 e. The number of nitrogens with one attached hydrogen (secondary N) is 1. The highest BCUT2D eigenvalue weighted by atomic mass is 16.5. The molecule has 0 aliphatic carbocycles. The summed E-state index contributed by atoms with van der Waals surface area (Å²) in [5.74, 6) is 0. The van der Waals surface area contributed by atoms with Crippen LogP contribution in [0.15, 0.2) is 30.3 Å². The van der Waals surface area contributed by atoms with Crippen LogP contribution >= 0.6 is 0 Å². The van der Waals surface area contributed by atoms with Gasteiger partial charge in [0.15, 0.2) is 0 Å². The molecule has 0 bridgehead atoms. The molecule has 20 heavy (non-hydrogen) atoms. The molecule has 1 saturated heterocycles. The van der Waals surface area contributed by atoms with Crippen molar-refractivity contribution >= 4 is 0 Å². The first-order valence-corrected chi connectivity index (χ1v) is 7.88. The summed E-state index contributed by atoms with van der Waals surface area (Å²) < 4.78 is 5.40. The van der Waals surface area contributed by atoms with Crippen molar-refractivity contribution < 1.29 is 4.74 Å². The van der Waals surface area contributed by atoms with Gasteiger partial charge in [-0.05, 0) is 25.3 Å². The zero-order chi connectivity index (χ0) is 14.2. The van der Waals surface area contributed by atoms with E-state index in [0.717, 1.165) is 39.3 Å². The fourth-order valence-electron chi connectivity index (χ4n) is 2.85. The maximum absolute atomic E-state index is 5.40. The van der Waals surface area contributed by atoms with Gasteiger partial charge in [-0.15, -0.1) is 0 Å².